The van der Waals surface area contributed by atoms with Crippen molar-refractivity contribution in [2.75, 3.05) is 19.7 Å². The fraction of sp³-hybridized carbons (Fsp3) is 0.625. The first-order valence-corrected chi connectivity index (χ1v) is 7.39. The predicted molar refractivity (Wildman–Crippen MR) is 77.5 cm³/mol. The first-order valence-electron chi connectivity index (χ1n) is 7.39. The Morgan fingerprint density at radius 3 is 2.58 bits per heavy atom. The van der Waals surface area contributed by atoms with Crippen LogP contribution >= 0.6 is 0 Å². The Balaban J connectivity index is 1.52. The molecule has 0 aliphatic heterocycles. The van der Waals surface area contributed by atoms with Crippen LogP contribution in [-0.4, -0.2) is 30.4 Å². The highest BCUT2D eigenvalue weighted by molar-refractivity contribution is 5.20. The Labute approximate surface area is 116 Å². The van der Waals surface area contributed by atoms with E-state index in [1.165, 1.54) is 6.42 Å². The normalized spacial score (nSPS) is 18.2. The third kappa shape index (κ3) is 5.21. The lowest BCUT2D eigenvalue weighted by molar-refractivity contribution is 0.00490. The van der Waals surface area contributed by atoms with E-state index in [9.17, 15) is 5.11 Å². The number of para-hydroxylation sites is 1. The first-order chi connectivity index (χ1) is 9.29. The number of hydrogen-bond acceptors (Lipinski definition) is 3. The van der Waals surface area contributed by atoms with Gasteiger partial charge in [0.1, 0.15) is 5.75 Å². The molecule has 0 atom stereocenters. The van der Waals surface area contributed by atoms with Gasteiger partial charge in [0.25, 0.3) is 0 Å². The number of nitrogens with one attached hydrogen (secondary N) is 1. The van der Waals surface area contributed by atoms with Gasteiger partial charge in [-0.1, -0.05) is 37.5 Å². The minimum Gasteiger partial charge on any atom is -0.494 e. The second-order valence-electron chi connectivity index (χ2n) is 5.48. The monoisotopic (exact) mass is 263 g/mol. The van der Waals surface area contributed by atoms with E-state index in [-0.39, 0.29) is 0 Å². The highest BCUT2D eigenvalue weighted by atomic mass is 16.5. The molecule has 3 nitrogen and oxygen atoms in total. The Bertz CT molecular complexity index is 347. The van der Waals surface area contributed by atoms with Gasteiger partial charge in [0.2, 0.25) is 0 Å². The lowest BCUT2D eigenvalue weighted by atomic mass is 9.85. The van der Waals surface area contributed by atoms with Gasteiger partial charge in [0.15, 0.2) is 0 Å². The van der Waals surface area contributed by atoms with E-state index < -0.39 is 5.60 Å². The van der Waals surface area contributed by atoms with Crippen LogP contribution in [0, 0.1) is 0 Å². The van der Waals surface area contributed by atoms with Gasteiger partial charge in [-0.3, -0.25) is 0 Å². The van der Waals surface area contributed by atoms with Crippen molar-refractivity contribution in [3.8, 4) is 5.75 Å². The van der Waals surface area contributed by atoms with E-state index in [4.69, 9.17) is 4.74 Å². The molecule has 3 heteroatoms. The summed E-state index contributed by atoms with van der Waals surface area (Å²) in [6.45, 7) is 2.34. The zero-order chi connectivity index (χ0) is 13.4. The molecule has 1 aromatic carbocycles. The maximum Gasteiger partial charge on any atom is 0.119 e. The van der Waals surface area contributed by atoms with Crippen LogP contribution in [0.3, 0.4) is 0 Å². The van der Waals surface area contributed by atoms with Crippen LogP contribution in [0.5, 0.6) is 5.75 Å². The van der Waals surface area contributed by atoms with Crippen LogP contribution in [0.1, 0.15) is 38.5 Å². The van der Waals surface area contributed by atoms with Gasteiger partial charge in [0.05, 0.1) is 12.2 Å². The second-order valence-corrected chi connectivity index (χ2v) is 5.48. The van der Waals surface area contributed by atoms with Gasteiger partial charge < -0.3 is 15.2 Å². The lowest BCUT2D eigenvalue weighted by Crippen LogP contribution is -2.42. The predicted octanol–water partition coefficient (Wildman–Crippen LogP) is 2.74. The Morgan fingerprint density at radius 1 is 1.11 bits per heavy atom. The largest absolute Gasteiger partial charge is 0.494 e. The molecule has 19 heavy (non-hydrogen) atoms. The van der Waals surface area contributed by atoms with E-state index in [1.807, 2.05) is 30.3 Å². The van der Waals surface area contributed by atoms with Crippen molar-refractivity contribution in [2.45, 2.75) is 44.1 Å². The minimum absolute atomic E-state index is 0.460. The van der Waals surface area contributed by atoms with Gasteiger partial charge in [0, 0.05) is 6.54 Å². The summed E-state index contributed by atoms with van der Waals surface area (Å²) in [6.07, 6.45) is 6.45. The number of benzene rings is 1. The molecule has 0 saturated heterocycles. The van der Waals surface area contributed by atoms with Crippen LogP contribution in [-0.2, 0) is 0 Å². The Hall–Kier alpha value is -1.06. The molecule has 2 rings (SSSR count). The Morgan fingerprint density at radius 2 is 1.84 bits per heavy atom. The summed E-state index contributed by atoms with van der Waals surface area (Å²) >= 11 is 0. The fourth-order valence-corrected chi connectivity index (χ4v) is 2.61. The highest BCUT2D eigenvalue weighted by Crippen LogP contribution is 2.27. The summed E-state index contributed by atoms with van der Waals surface area (Å²) in [6, 6.07) is 9.88. The van der Waals surface area contributed by atoms with Crippen molar-refractivity contribution < 1.29 is 9.84 Å². The maximum absolute atomic E-state index is 10.3. The molecule has 1 aliphatic rings. The van der Waals surface area contributed by atoms with Crippen LogP contribution in [0.15, 0.2) is 30.3 Å². The molecule has 0 unspecified atom stereocenters. The van der Waals surface area contributed by atoms with Gasteiger partial charge in [-0.05, 0) is 37.9 Å². The van der Waals surface area contributed by atoms with Gasteiger partial charge >= 0.3 is 0 Å². The average molecular weight is 263 g/mol. The molecule has 1 aromatic rings. The van der Waals surface area contributed by atoms with Crippen LogP contribution in [0.2, 0.25) is 0 Å². The lowest BCUT2D eigenvalue weighted by Gasteiger charge is -2.32. The molecule has 0 spiro atoms. The standard InChI is InChI=1S/C16H25NO2/c18-16(10-5-2-6-11-16)14-17-12-7-13-19-15-8-3-1-4-9-15/h1,3-4,8-9,17-18H,2,5-7,10-14H2. The summed E-state index contributed by atoms with van der Waals surface area (Å²) < 4.78 is 5.62. The number of ether oxygens (including phenoxy) is 1. The summed E-state index contributed by atoms with van der Waals surface area (Å²) in [4.78, 5) is 0. The zero-order valence-corrected chi connectivity index (χ0v) is 11.6. The molecule has 0 amide bonds. The third-order valence-electron chi connectivity index (χ3n) is 3.75. The second kappa shape index (κ2) is 7.51. The molecule has 1 saturated carbocycles. The third-order valence-corrected chi connectivity index (χ3v) is 3.75. The van der Waals surface area contributed by atoms with Gasteiger partial charge in [-0.25, -0.2) is 0 Å². The summed E-state index contributed by atoms with van der Waals surface area (Å²) in [5.41, 5.74) is -0.460. The minimum atomic E-state index is -0.460. The quantitative estimate of drug-likeness (QED) is 0.743. The Kier molecular flexibility index (Phi) is 5.67. The van der Waals surface area contributed by atoms with Crippen molar-refractivity contribution in [3.05, 3.63) is 30.3 Å². The SMILES string of the molecule is OC1(CNCCCOc2ccccc2)CCCCC1. The average Bonchev–Trinajstić information content (AvgIpc) is 2.44. The van der Waals surface area contributed by atoms with E-state index in [2.05, 4.69) is 5.32 Å². The molecule has 2 N–H and O–H groups in total. The van der Waals surface area contributed by atoms with Gasteiger partial charge in [-0.2, -0.15) is 0 Å². The maximum atomic E-state index is 10.3. The molecule has 106 valence electrons. The van der Waals surface area contributed by atoms with Crippen molar-refractivity contribution >= 4 is 0 Å². The zero-order valence-electron chi connectivity index (χ0n) is 11.6. The van der Waals surface area contributed by atoms with Crippen LogP contribution in [0.25, 0.3) is 0 Å². The smallest absolute Gasteiger partial charge is 0.119 e. The van der Waals surface area contributed by atoms with Gasteiger partial charge in [-0.15, -0.1) is 0 Å². The molecule has 1 aliphatic carbocycles. The molecular weight excluding hydrogens is 238 g/mol. The van der Waals surface area contributed by atoms with E-state index >= 15 is 0 Å². The summed E-state index contributed by atoms with van der Waals surface area (Å²) in [5.74, 6) is 0.924. The molecule has 0 heterocycles. The van der Waals surface area contributed by atoms with Crippen LogP contribution in [0.4, 0.5) is 0 Å². The molecular formula is C16H25NO2. The summed E-state index contributed by atoms with van der Waals surface area (Å²) in [7, 11) is 0. The molecule has 0 aromatic heterocycles. The molecule has 0 radical (unpaired) electrons. The van der Waals surface area contributed by atoms with Crippen LogP contribution < -0.4 is 10.1 Å². The van der Waals surface area contributed by atoms with E-state index in [0.717, 1.165) is 57.6 Å². The topological polar surface area (TPSA) is 41.5 Å². The van der Waals surface area contributed by atoms with E-state index in [1.54, 1.807) is 0 Å². The van der Waals surface area contributed by atoms with Crippen molar-refractivity contribution in [1.29, 1.82) is 0 Å². The van der Waals surface area contributed by atoms with E-state index in [0.29, 0.717) is 0 Å². The summed E-state index contributed by atoms with van der Waals surface area (Å²) in [5, 5.41) is 13.7. The number of hydrogen-bond donors (Lipinski definition) is 2. The number of aliphatic hydroxyl groups is 1. The number of rotatable bonds is 7. The van der Waals surface area contributed by atoms with Crippen molar-refractivity contribution in [1.82, 2.24) is 5.32 Å². The first kappa shape index (κ1) is 14.4. The van der Waals surface area contributed by atoms with Crippen molar-refractivity contribution in [3.63, 3.8) is 0 Å². The molecule has 0 bridgehead atoms. The highest BCUT2D eigenvalue weighted by Gasteiger charge is 2.28. The molecule has 1 fully saturated rings. The fourth-order valence-electron chi connectivity index (χ4n) is 2.61. The van der Waals surface area contributed by atoms with Crippen molar-refractivity contribution in [2.24, 2.45) is 0 Å².